The number of amides is 1. The molecule has 1 aliphatic carbocycles. The molecule has 186 valence electrons. The minimum atomic E-state index is -0.316. The highest BCUT2D eigenvalue weighted by Gasteiger charge is 2.49. The van der Waals surface area contributed by atoms with Crippen molar-refractivity contribution in [2.45, 2.75) is 51.0 Å². The third kappa shape index (κ3) is 5.43. The van der Waals surface area contributed by atoms with Crippen LogP contribution in [0.5, 0.6) is 5.75 Å². The number of nitrogens with zero attached hydrogens (tertiary/aromatic N) is 2. The summed E-state index contributed by atoms with van der Waals surface area (Å²) in [5, 5.41) is 0. The molecule has 3 atom stereocenters. The Kier molecular flexibility index (Phi) is 7.60. The minimum Gasteiger partial charge on any atom is -0.469 e. The van der Waals surface area contributed by atoms with Crippen LogP contribution in [0.3, 0.4) is 0 Å². The van der Waals surface area contributed by atoms with Crippen molar-refractivity contribution in [1.82, 2.24) is 9.80 Å². The van der Waals surface area contributed by atoms with Crippen molar-refractivity contribution in [3.05, 3.63) is 72.2 Å². The fourth-order valence-corrected chi connectivity index (χ4v) is 5.93. The first-order valence-corrected chi connectivity index (χ1v) is 12.4. The lowest BCUT2D eigenvalue weighted by Gasteiger charge is -2.54. The summed E-state index contributed by atoms with van der Waals surface area (Å²) in [6, 6.07) is 10.0. The zero-order valence-corrected chi connectivity index (χ0v) is 21.0. The molecule has 6 nitrogen and oxygen atoms in total. The average molecular weight is 477 g/mol. The van der Waals surface area contributed by atoms with Crippen molar-refractivity contribution in [3.63, 3.8) is 0 Å². The standard InChI is InChI=1S/C29H36N2O4/c1-5-15-31-16-14-29(24-7-6-8-27(18-24)35-22(3)32)19-26(11-10-25(29)20-31)30(4)28(33)12-9-23-13-17-34-21(23)2/h5-9,12-13,17-18,25-26H,1,10-11,14-16,19-20H2,2-4H3/b12-9+/t25-,26-,29+/m1/s1. The summed E-state index contributed by atoms with van der Waals surface area (Å²) in [5.41, 5.74) is 2.05. The van der Waals surface area contributed by atoms with E-state index >= 15 is 0 Å². The van der Waals surface area contributed by atoms with Gasteiger partial charge in [0.05, 0.1) is 6.26 Å². The van der Waals surface area contributed by atoms with Crippen molar-refractivity contribution in [1.29, 1.82) is 0 Å². The zero-order chi connectivity index (χ0) is 25.0. The van der Waals surface area contributed by atoms with Crippen LogP contribution in [0, 0.1) is 12.8 Å². The van der Waals surface area contributed by atoms with Gasteiger partial charge >= 0.3 is 5.97 Å². The van der Waals surface area contributed by atoms with Crippen molar-refractivity contribution in [3.8, 4) is 5.75 Å². The largest absolute Gasteiger partial charge is 0.469 e. The third-order valence-corrected chi connectivity index (χ3v) is 7.84. The second kappa shape index (κ2) is 10.6. The molecule has 0 radical (unpaired) electrons. The number of fused-ring (bicyclic) bond motifs is 1. The molecule has 0 bridgehead atoms. The van der Waals surface area contributed by atoms with Crippen LogP contribution < -0.4 is 4.74 Å². The number of ether oxygens (including phenoxy) is 1. The van der Waals surface area contributed by atoms with Crippen molar-refractivity contribution in [2.24, 2.45) is 5.92 Å². The van der Waals surface area contributed by atoms with Crippen molar-refractivity contribution >= 4 is 18.0 Å². The molecular weight excluding hydrogens is 440 g/mol. The summed E-state index contributed by atoms with van der Waals surface area (Å²) in [6.07, 6.45) is 11.0. The molecule has 2 aliphatic rings. The summed E-state index contributed by atoms with van der Waals surface area (Å²) >= 11 is 0. The lowest BCUT2D eigenvalue weighted by molar-refractivity contribution is -0.132. The Labute approximate surface area is 208 Å². The summed E-state index contributed by atoms with van der Waals surface area (Å²) < 4.78 is 10.8. The Morgan fingerprint density at radius 1 is 1.31 bits per heavy atom. The van der Waals surface area contributed by atoms with Gasteiger partial charge in [-0.25, -0.2) is 0 Å². The molecule has 0 spiro atoms. The van der Waals surface area contributed by atoms with Gasteiger partial charge in [0.1, 0.15) is 11.5 Å². The first-order valence-electron chi connectivity index (χ1n) is 12.4. The number of hydrogen-bond acceptors (Lipinski definition) is 5. The van der Waals surface area contributed by atoms with Crippen LogP contribution in [0.1, 0.15) is 49.5 Å². The average Bonchev–Trinajstić information content (AvgIpc) is 3.26. The molecule has 4 rings (SSSR count). The number of aryl methyl sites for hydroxylation is 1. The van der Waals surface area contributed by atoms with Gasteiger partial charge in [-0.05, 0) is 74.9 Å². The van der Waals surface area contributed by atoms with Gasteiger partial charge in [0, 0.05) is 50.2 Å². The van der Waals surface area contributed by atoms with E-state index in [0.29, 0.717) is 11.7 Å². The van der Waals surface area contributed by atoms with Gasteiger partial charge in [-0.2, -0.15) is 0 Å². The molecule has 2 aromatic rings. The fraction of sp³-hybridized carbons (Fsp3) is 0.448. The highest BCUT2D eigenvalue weighted by Crippen LogP contribution is 2.50. The molecule has 0 unspecified atom stereocenters. The van der Waals surface area contributed by atoms with Gasteiger partial charge < -0.3 is 14.1 Å². The number of furan rings is 1. The van der Waals surface area contributed by atoms with Crippen LogP contribution >= 0.6 is 0 Å². The molecule has 0 N–H and O–H groups in total. The van der Waals surface area contributed by atoms with E-state index in [2.05, 4.69) is 17.5 Å². The van der Waals surface area contributed by atoms with Gasteiger partial charge in [0.2, 0.25) is 5.91 Å². The van der Waals surface area contributed by atoms with Crippen molar-refractivity contribution < 1.29 is 18.7 Å². The number of esters is 1. The maximum absolute atomic E-state index is 13.1. The van der Waals surface area contributed by atoms with Crippen LogP contribution in [0.2, 0.25) is 0 Å². The van der Waals surface area contributed by atoms with Crippen LogP contribution in [-0.4, -0.2) is 54.4 Å². The fourth-order valence-electron chi connectivity index (χ4n) is 5.93. The quantitative estimate of drug-likeness (QED) is 0.244. The van der Waals surface area contributed by atoms with E-state index in [4.69, 9.17) is 9.15 Å². The maximum atomic E-state index is 13.1. The lowest BCUT2D eigenvalue weighted by Crippen LogP contribution is -2.56. The molecule has 6 heteroatoms. The number of hydrogen-bond donors (Lipinski definition) is 0. The van der Waals surface area contributed by atoms with E-state index in [0.717, 1.165) is 56.6 Å². The van der Waals surface area contributed by atoms with Gasteiger partial charge in [-0.15, -0.1) is 6.58 Å². The topological polar surface area (TPSA) is 63.0 Å². The zero-order valence-electron chi connectivity index (χ0n) is 21.0. The molecule has 2 fully saturated rings. The molecule has 1 amide bonds. The van der Waals surface area contributed by atoms with Crippen LogP contribution in [0.4, 0.5) is 0 Å². The highest BCUT2D eigenvalue weighted by atomic mass is 16.5. The van der Waals surface area contributed by atoms with Crippen LogP contribution in [-0.2, 0) is 15.0 Å². The Balaban J connectivity index is 1.59. The van der Waals surface area contributed by atoms with E-state index in [1.165, 1.54) is 12.5 Å². The van der Waals surface area contributed by atoms with E-state index < -0.39 is 0 Å². The molecular formula is C29H36N2O4. The van der Waals surface area contributed by atoms with Gasteiger partial charge in [-0.1, -0.05) is 18.2 Å². The monoisotopic (exact) mass is 476 g/mol. The van der Waals surface area contributed by atoms with E-state index in [1.807, 2.05) is 55.3 Å². The predicted molar refractivity (Wildman–Crippen MR) is 137 cm³/mol. The minimum absolute atomic E-state index is 0.00181. The second-order valence-corrected chi connectivity index (χ2v) is 9.92. The molecule has 1 saturated carbocycles. The van der Waals surface area contributed by atoms with Gasteiger partial charge in [-0.3, -0.25) is 14.5 Å². The third-order valence-electron chi connectivity index (χ3n) is 7.84. The Morgan fingerprint density at radius 2 is 2.14 bits per heavy atom. The van der Waals surface area contributed by atoms with Gasteiger partial charge in [0.25, 0.3) is 0 Å². The highest BCUT2D eigenvalue weighted by molar-refractivity contribution is 5.92. The first kappa shape index (κ1) is 25.0. The summed E-state index contributed by atoms with van der Waals surface area (Å²) in [4.78, 5) is 29.0. The molecule has 1 aromatic heterocycles. The number of piperidine rings is 1. The van der Waals surface area contributed by atoms with E-state index in [9.17, 15) is 9.59 Å². The number of carbonyl (C=O) groups excluding carboxylic acids is 2. The Hall–Kier alpha value is -3.12. The lowest BCUT2D eigenvalue weighted by atomic mass is 9.57. The van der Waals surface area contributed by atoms with Crippen LogP contribution in [0.15, 0.2) is 59.7 Å². The smallest absolute Gasteiger partial charge is 0.308 e. The normalized spacial score (nSPS) is 24.7. The molecule has 1 saturated heterocycles. The van der Waals surface area contributed by atoms with Crippen molar-refractivity contribution in [2.75, 3.05) is 26.7 Å². The Morgan fingerprint density at radius 3 is 2.86 bits per heavy atom. The van der Waals surface area contributed by atoms with Gasteiger partial charge in [0.15, 0.2) is 0 Å². The number of likely N-dealkylation sites (N-methyl/N-ethyl adjacent to an activating group) is 1. The summed E-state index contributed by atoms with van der Waals surface area (Å²) in [6.45, 7) is 10.1. The number of carbonyl (C=O) groups is 2. The summed E-state index contributed by atoms with van der Waals surface area (Å²) in [5.74, 6) is 1.54. The predicted octanol–water partition coefficient (Wildman–Crippen LogP) is 4.98. The first-order chi connectivity index (χ1) is 16.8. The number of likely N-dealkylation sites (tertiary alicyclic amines) is 1. The maximum Gasteiger partial charge on any atom is 0.308 e. The molecule has 2 heterocycles. The molecule has 1 aliphatic heterocycles. The Bertz CT molecular complexity index is 1100. The SMILES string of the molecule is C=CCN1CC[C@@]2(c3cccc(OC(C)=O)c3)C[C@H](N(C)C(=O)/C=C/c3ccoc3C)CC[C@@H]2C1. The number of benzene rings is 1. The molecule has 1 aromatic carbocycles. The second-order valence-electron chi connectivity index (χ2n) is 9.92. The van der Waals surface area contributed by atoms with Crippen LogP contribution in [0.25, 0.3) is 6.08 Å². The summed E-state index contributed by atoms with van der Waals surface area (Å²) in [7, 11) is 1.91. The van der Waals surface area contributed by atoms with E-state index in [-0.39, 0.29) is 23.3 Å². The number of rotatable bonds is 7. The van der Waals surface area contributed by atoms with E-state index in [1.54, 1.807) is 12.3 Å². The molecule has 35 heavy (non-hydrogen) atoms.